The predicted octanol–water partition coefficient (Wildman–Crippen LogP) is 3.66. The number of carbonyl (C=O) groups excluding carboxylic acids is 1. The third-order valence-corrected chi connectivity index (χ3v) is 6.28. The first-order valence-electron chi connectivity index (χ1n) is 11.7. The number of ether oxygens (including phenoxy) is 2. The number of unbranched alkanes of at least 4 members (excludes halogenated alkanes) is 1. The maximum atomic E-state index is 12.3. The standard InChI is InChI=1S/C24H39ClN2O5/c1-26(24(30)32-23-10-8-22(25)9-11-23)18-20-4-6-21(7-5-20)19-31-17-3-2-12-27(13-15-28)14-16-29/h8-11,20-21,28-29H,2-7,12-19H2,1H3/t20-,21-. The van der Waals surface area contributed by atoms with E-state index in [1.807, 2.05) is 0 Å². The highest BCUT2D eigenvalue weighted by Gasteiger charge is 2.24. The van der Waals surface area contributed by atoms with Gasteiger partial charge in [0.25, 0.3) is 0 Å². The summed E-state index contributed by atoms with van der Waals surface area (Å²) in [6, 6.07) is 6.80. The quantitative estimate of drug-likeness (QED) is 0.404. The Balaban J connectivity index is 1.54. The molecule has 0 radical (unpaired) electrons. The molecule has 1 amide bonds. The van der Waals surface area contributed by atoms with Gasteiger partial charge >= 0.3 is 6.09 Å². The largest absolute Gasteiger partial charge is 0.414 e. The summed E-state index contributed by atoms with van der Waals surface area (Å²) < 4.78 is 11.3. The van der Waals surface area contributed by atoms with E-state index in [-0.39, 0.29) is 19.3 Å². The fourth-order valence-corrected chi connectivity index (χ4v) is 4.26. The van der Waals surface area contributed by atoms with Crippen LogP contribution in [0.15, 0.2) is 24.3 Å². The Morgan fingerprint density at radius 2 is 1.62 bits per heavy atom. The lowest BCUT2D eigenvalue weighted by Crippen LogP contribution is -2.35. The molecule has 0 saturated heterocycles. The zero-order valence-corrected chi connectivity index (χ0v) is 20.0. The van der Waals surface area contributed by atoms with Crippen molar-refractivity contribution < 1.29 is 24.5 Å². The molecule has 2 rings (SSSR count). The summed E-state index contributed by atoms with van der Waals surface area (Å²) in [6.07, 6.45) is 6.12. The highest BCUT2D eigenvalue weighted by Crippen LogP contribution is 2.29. The van der Waals surface area contributed by atoms with Crippen LogP contribution in [-0.2, 0) is 4.74 Å². The van der Waals surface area contributed by atoms with Crippen LogP contribution >= 0.6 is 11.6 Å². The van der Waals surface area contributed by atoms with Crippen LogP contribution in [0, 0.1) is 11.8 Å². The molecule has 1 aromatic rings. The number of amides is 1. The van der Waals surface area contributed by atoms with Crippen LogP contribution in [0.2, 0.25) is 5.02 Å². The molecule has 1 aliphatic carbocycles. The SMILES string of the molecule is CN(C[C@H]1CC[C@H](COCCCCN(CCO)CCO)CC1)C(=O)Oc1ccc(Cl)cc1. The van der Waals surface area contributed by atoms with Crippen molar-refractivity contribution in [1.82, 2.24) is 9.80 Å². The van der Waals surface area contributed by atoms with Gasteiger partial charge in [0.1, 0.15) is 5.75 Å². The molecule has 32 heavy (non-hydrogen) atoms. The molecule has 1 aromatic carbocycles. The van der Waals surface area contributed by atoms with E-state index in [9.17, 15) is 4.79 Å². The number of hydrogen-bond acceptors (Lipinski definition) is 6. The van der Waals surface area contributed by atoms with Gasteiger partial charge in [-0.2, -0.15) is 0 Å². The first-order valence-corrected chi connectivity index (χ1v) is 12.1. The summed E-state index contributed by atoms with van der Waals surface area (Å²) in [5, 5.41) is 18.7. The Bertz CT molecular complexity index is 632. The normalized spacial score (nSPS) is 18.7. The topological polar surface area (TPSA) is 82.5 Å². The number of aliphatic hydroxyl groups excluding tert-OH is 2. The molecular weight excluding hydrogens is 432 g/mol. The molecule has 8 heteroatoms. The summed E-state index contributed by atoms with van der Waals surface area (Å²) in [4.78, 5) is 16.0. The Morgan fingerprint density at radius 3 is 2.25 bits per heavy atom. The molecule has 1 aliphatic rings. The molecule has 182 valence electrons. The summed E-state index contributed by atoms with van der Waals surface area (Å²) in [7, 11) is 1.79. The minimum atomic E-state index is -0.339. The molecule has 0 atom stereocenters. The van der Waals surface area contributed by atoms with Crippen LogP contribution in [0.25, 0.3) is 0 Å². The minimum absolute atomic E-state index is 0.124. The average Bonchev–Trinajstić information content (AvgIpc) is 2.79. The lowest BCUT2D eigenvalue weighted by Gasteiger charge is -2.30. The van der Waals surface area contributed by atoms with Crippen molar-refractivity contribution in [3.05, 3.63) is 29.3 Å². The minimum Gasteiger partial charge on any atom is -0.410 e. The van der Waals surface area contributed by atoms with Crippen molar-refractivity contribution in [2.75, 3.05) is 59.7 Å². The van der Waals surface area contributed by atoms with Crippen LogP contribution in [0.1, 0.15) is 38.5 Å². The number of rotatable bonds is 14. The van der Waals surface area contributed by atoms with Crippen molar-refractivity contribution in [1.29, 1.82) is 0 Å². The molecule has 7 nitrogen and oxygen atoms in total. The van der Waals surface area contributed by atoms with Gasteiger partial charge in [-0.15, -0.1) is 0 Å². The molecule has 0 aromatic heterocycles. The maximum absolute atomic E-state index is 12.3. The van der Waals surface area contributed by atoms with Gasteiger partial charge in [0.05, 0.1) is 13.2 Å². The fraction of sp³-hybridized carbons (Fsp3) is 0.708. The van der Waals surface area contributed by atoms with Crippen molar-refractivity contribution >= 4 is 17.7 Å². The lowest BCUT2D eigenvalue weighted by atomic mass is 9.82. The number of benzene rings is 1. The van der Waals surface area contributed by atoms with E-state index in [2.05, 4.69) is 4.90 Å². The first kappa shape index (κ1) is 26.9. The molecule has 0 unspecified atom stereocenters. The van der Waals surface area contributed by atoms with Gasteiger partial charge in [-0.3, -0.25) is 4.90 Å². The molecule has 0 aliphatic heterocycles. The van der Waals surface area contributed by atoms with Gasteiger partial charge in [0, 0.05) is 44.9 Å². The molecular formula is C24H39ClN2O5. The summed E-state index contributed by atoms with van der Waals surface area (Å²) in [5.74, 6) is 1.59. The van der Waals surface area contributed by atoms with Crippen LogP contribution in [0.3, 0.4) is 0 Å². The zero-order valence-electron chi connectivity index (χ0n) is 19.3. The lowest BCUT2D eigenvalue weighted by molar-refractivity contribution is 0.0696. The molecule has 0 heterocycles. The van der Waals surface area contributed by atoms with Gasteiger partial charge in [0.15, 0.2) is 0 Å². The van der Waals surface area contributed by atoms with Crippen LogP contribution in [0.4, 0.5) is 4.79 Å². The maximum Gasteiger partial charge on any atom is 0.414 e. The van der Waals surface area contributed by atoms with Gasteiger partial charge < -0.3 is 24.6 Å². The van der Waals surface area contributed by atoms with E-state index in [4.69, 9.17) is 31.3 Å². The van der Waals surface area contributed by atoms with Gasteiger partial charge in [-0.05, 0) is 81.2 Å². The van der Waals surface area contributed by atoms with E-state index < -0.39 is 0 Å². The number of halogens is 1. The molecule has 0 bridgehead atoms. The second-order valence-corrected chi connectivity index (χ2v) is 9.10. The van der Waals surface area contributed by atoms with Gasteiger partial charge in [-0.1, -0.05) is 11.6 Å². The van der Waals surface area contributed by atoms with Gasteiger partial charge in [-0.25, -0.2) is 4.79 Å². The molecule has 0 spiro atoms. The highest BCUT2D eigenvalue weighted by molar-refractivity contribution is 6.30. The Labute approximate surface area is 197 Å². The predicted molar refractivity (Wildman–Crippen MR) is 126 cm³/mol. The van der Waals surface area contributed by atoms with E-state index in [0.717, 1.165) is 58.3 Å². The summed E-state index contributed by atoms with van der Waals surface area (Å²) in [5.41, 5.74) is 0. The molecule has 1 saturated carbocycles. The van der Waals surface area contributed by atoms with Gasteiger partial charge in [0.2, 0.25) is 0 Å². The zero-order chi connectivity index (χ0) is 23.2. The number of hydrogen-bond donors (Lipinski definition) is 2. The second-order valence-electron chi connectivity index (χ2n) is 8.66. The van der Waals surface area contributed by atoms with Crippen molar-refractivity contribution in [3.8, 4) is 5.75 Å². The van der Waals surface area contributed by atoms with Crippen molar-refractivity contribution in [2.24, 2.45) is 11.8 Å². The van der Waals surface area contributed by atoms with E-state index in [1.54, 1.807) is 36.2 Å². The second kappa shape index (κ2) is 15.5. The monoisotopic (exact) mass is 470 g/mol. The molecule has 2 N–H and O–H groups in total. The summed E-state index contributed by atoms with van der Waals surface area (Å²) in [6.45, 7) is 4.61. The number of carbonyl (C=O) groups is 1. The van der Waals surface area contributed by atoms with E-state index in [0.29, 0.717) is 42.2 Å². The Morgan fingerprint density at radius 1 is 1.00 bits per heavy atom. The Hall–Kier alpha value is -1.38. The summed E-state index contributed by atoms with van der Waals surface area (Å²) >= 11 is 5.86. The van der Waals surface area contributed by atoms with Crippen LogP contribution < -0.4 is 4.74 Å². The van der Waals surface area contributed by atoms with E-state index in [1.165, 1.54) is 0 Å². The smallest absolute Gasteiger partial charge is 0.410 e. The van der Waals surface area contributed by atoms with E-state index >= 15 is 0 Å². The number of nitrogens with zero attached hydrogens (tertiary/aromatic N) is 2. The van der Waals surface area contributed by atoms with Crippen molar-refractivity contribution in [3.63, 3.8) is 0 Å². The van der Waals surface area contributed by atoms with Crippen molar-refractivity contribution in [2.45, 2.75) is 38.5 Å². The first-order chi connectivity index (χ1) is 15.5. The molecule has 1 fully saturated rings. The third kappa shape index (κ3) is 10.5. The fourth-order valence-electron chi connectivity index (χ4n) is 4.13. The Kier molecular flexibility index (Phi) is 13.0. The van der Waals surface area contributed by atoms with Crippen LogP contribution in [0.5, 0.6) is 5.75 Å². The number of aliphatic hydroxyl groups is 2. The average molecular weight is 471 g/mol. The third-order valence-electron chi connectivity index (χ3n) is 6.03. The highest BCUT2D eigenvalue weighted by atomic mass is 35.5. The van der Waals surface area contributed by atoms with Crippen LogP contribution in [-0.4, -0.2) is 85.8 Å².